The summed E-state index contributed by atoms with van der Waals surface area (Å²) in [4.78, 5) is 12.7. The van der Waals surface area contributed by atoms with Gasteiger partial charge in [-0.3, -0.25) is 4.79 Å². The molecule has 5 nitrogen and oxygen atoms in total. The Labute approximate surface area is 171 Å². The van der Waals surface area contributed by atoms with Crippen LogP contribution in [0.1, 0.15) is 35.2 Å². The fourth-order valence-corrected chi connectivity index (χ4v) is 3.37. The molecule has 2 fully saturated rings. The van der Waals surface area contributed by atoms with Crippen LogP contribution >= 0.6 is 0 Å². The topological polar surface area (TPSA) is 49.7 Å². The van der Waals surface area contributed by atoms with Gasteiger partial charge in [-0.2, -0.15) is 0 Å². The van der Waals surface area contributed by atoms with Crippen LogP contribution in [0.4, 0.5) is 0 Å². The third-order valence-electron chi connectivity index (χ3n) is 5.39. The standard InChI is InChI=1S/C24H27NO4/c1-17-12-22(29-16-23-15-27-10-11-28-23)13-24(26)25(17)14-21-5-3-4-20(18(21)2)9-8-19-6-7-19/h3-5,12-13,19,23H,6-7,10-11,14-16H2,1-2H3. The highest BCUT2D eigenvalue weighted by Gasteiger charge is 2.18. The molecule has 1 aromatic carbocycles. The maximum absolute atomic E-state index is 12.7. The van der Waals surface area contributed by atoms with E-state index >= 15 is 0 Å². The van der Waals surface area contributed by atoms with Gasteiger partial charge in [-0.05, 0) is 49.9 Å². The molecule has 1 saturated heterocycles. The van der Waals surface area contributed by atoms with Crippen molar-refractivity contribution in [3.8, 4) is 17.6 Å². The molecule has 0 bridgehead atoms. The first-order valence-corrected chi connectivity index (χ1v) is 10.2. The van der Waals surface area contributed by atoms with Crippen molar-refractivity contribution < 1.29 is 14.2 Å². The van der Waals surface area contributed by atoms with Crippen LogP contribution in [0.15, 0.2) is 35.1 Å². The Kier molecular flexibility index (Phi) is 6.03. The highest BCUT2D eigenvalue weighted by atomic mass is 16.6. The molecule has 1 aromatic heterocycles. The smallest absolute Gasteiger partial charge is 0.254 e. The van der Waals surface area contributed by atoms with E-state index in [1.54, 1.807) is 10.6 Å². The summed E-state index contributed by atoms with van der Waals surface area (Å²) in [7, 11) is 0. The molecule has 5 heteroatoms. The number of ether oxygens (including phenoxy) is 3. The quantitative estimate of drug-likeness (QED) is 0.733. The number of hydrogen-bond acceptors (Lipinski definition) is 4. The second-order valence-electron chi connectivity index (χ2n) is 7.77. The van der Waals surface area contributed by atoms with Crippen LogP contribution in [0, 0.1) is 31.6 Å². The Morgan fingerprint density at radius 3 is 2.79 bits per heavy atom. The van der Waals surface area contributed by atoms with Gasteiger partial charge in [-0.1, -0.05) is 24.0 Å². The van der Waals surface area contributed by atoms with Gasteiger partial charge in [-0.25, -0.2) is 0 Å². The van der Waals surface area contributed by atoms with E-state index in [9.17, 15) is 4.79 Å². The maximum atomic E-state index is 12.7. The van der Waals surface area contributed by atoms with Crippen molar-refractivity contribution in [3.63, 3.8) is 0 Å². The van der Waals surface area contributed by atoms with E-state index in [2.05, 4.69) is 30.9 Å². The normalized spacial score (nSPS) is 18.8. The Bertz CT molecular complexity index is 988. The molecule has 152 valence electrons. The van der Waals surface area contributed by atoms with E-state index in [4.69, 9.17) is 14.2 Å². The van der Waals surface area contributed by atoms with Crippen molar-refractivity contribution in [1.82, 2.24) is 4.57 Å². The fraction of sp³-hybridized carbons (Fsp3) is 0.458. The molecule has 0 spiro atoms. The molecule has 2 aliphatic rings. The summed E-state index contributed by atoms with van der Waals surface area (Å²) in [5, 5.41) is 0. The van der Waals surface area contributed by atoms with Gasteiger partial charge in [0.15, 0.2) is 0 Å². The minimum atomic E-state index is -0.0892. The van der Waals surface area contributed by atoms with Crippen molar-refractivity contribution in [3.05, 3.63) is 63.1 Å². The first kappa shape index (κ1) is 19.8. The molecular formula is C24H27NO4. The largest absolute Gasteiger partial charge is 0.491 e. The maximum Gasteiger partial charge on any atom is 0.254 e. The molecule has 1 saturated carbocycles. The molecular weight excluding hydrogens is 366 g/mol. The average molecular weight is 393 g/mol. The molecule has 1 atom stereocenters. The summed E-state index contributed by atoms with van der Waals surface area (Å²) in [6.07, 6.45) is 2.34. The van der Waals surface area contributed by atoms with E-state index in [1.807, 2.05) is 19.1 Å². The summed E-state index contributed by atoms with van der Waals surface area (Å²) in [5.41, 5.74) is 4.09. The number of rotatable bonds is 5. The van der Waals surface area contributed by atoms with Crippen molar-refractivity contribution >= 4 is 0 Å². The van der Waals surface area contributed by atoms with Crippen LogP contribution in [-0.2, 0) is 16.0 Å². The Hall–Kier alpha value is -2.55. The highest BCUT2D eigenvalue weighted by molar-refractivity contribution is 5.45. The van der Waals surface area contributed by atoms with Gasteiger partial charge in [-0.15, -0.1) is 0 Å². The number of pyridine rings is 1. The summed E-state index contributed by atoms with van der Waals surface area (Å²) in [5.74, 6) is 7.77. The second-order valence-corrected chi connectivity index (χ2v) is 7.77. The van der Waals surface area contributed by atoms with Crippen LogP contribution in [-0.4, -0.2) is 37.1 Å². The third kappa shape index (κ3) is 5.09. The number of hydrogen-bond donors (Lipinski definition) is 0. The fourth-order valence-electron chi connectivity index (χ4n) is 3.37. The number of benzene rings is 1. The van der Waals surface area contributed by atoms with Crippen molar-refractivity contribution in [2.24, 2.45) is 5.92 Å². The summed E-state index contributed by atoms with van der Waals surface area (Å²) >= 11 is 0. The van der Waals surface area contributed by atoms with Gasteiger partial charge in [0.2, 0.25) is 0 Å². The van der Waals surface area contributed by atoms with Crippen LogP contribution < -0.4 is 10.3 Å². The molecule has 4 rings (SSSR count). The molecule has 2 heterocycles. The molecule has 0 N–H and O–H groups in total. The lowest BCUT2D eigenvalue weighted by molar-refractivity contribution is -0.101. The number of aromatic nitrogens is 1. The Morgan fingerprint density at radius 2 is 2.07 bits per heavy atom. The van der Waals surface area contributed by atoms with Crippen molar-refractivity contribution in [2.45, 2.75) is 39.3 Å². The SMILES string of the molecule is Cc1c(C#CC2CC2)cccc1Cn1c(C)cc(OCC2COCCO2)cc1=O. The highest BCUT2D eigenvalue weighted by Crippen LogP contribution is 2.28. The third-order valence-corrected chi connectivity index (χ3v) is 5.39. The van der Waals surface area contributed by atoms with Gasteiger partial charge < -0.3 is 18.8 Å². The number of aryl methyl sites for hydroxylation is 1. The Balaban J connectivity index is 1.48. The van der Waals surface area contributed by atoms with Gasteiger partial charge >= 0.3 is 0 Å². The molecule has 29 heavy (non-hydrogen) atoms. The lowest BCUT2D eigenvalue weighted by Crippen LogP contribution is -2.33. The van der Waals surface area contributed by atoms with E-state index in [1.165, 1.54) is 12.8 Å². The van der Waals surface area contributed by atoms with Crippen molar-refractivity contribution in [2.75, 3.05) is 26.4 Å². The lowest BCUT2D eigenvalue weighted by atomic mass is 10.0. The zero-order valence-electron chi connectivity index (χ0n) is 17.1. The molecule has 2 aromatic rings. The summed E-state index contributed by atoms with van der Waals surface area (Å²) < 4.78 is 18.5. The van der Waals surface area contributed by atoms with E-state index in [-0.39, 0.29) is 11.7 Å². The van der Waals surface area contributed by atoms with Crippen molar-refractivity contribution in [1.29, 1.82) is 0 Å². The molecule has 1 aliphatic heterocycles. The lowest BCUT2D eigenvalue weighted by Gasteiger charge is -2.23. The zero-order chi connectivity index (χ0) is 20.2. The minimum Gasteiger partial charge on any atom is -0.491 e. The van der Waals surface area contributed by atoms with Gasteiger partial charge in [0.05, 0.1) is 26.4 Å². The van der Waals surface area contributed by atoms with Gasteiger partial charge in [0, 0.05) is 23.2 Å². The van der Waals surface area contributed by atoms with Crippen LogP contribution in [0.3, 0.4) is 0 Å². The van der Waals surface area contributed by atoms with Crippen LogP contribution in [0.2, 0.25) is 0 Å². The van der Waals surface area contributed by atoms with E-state index < -0.39 is 0 Å². The summed E-state index contributed by atoms with van der Waals surface area (Å²) in [6, 6.07) is 9.58. The first-order chi connectivity index (χ1) is 14.1. The first-order valence-electron chi connectivity index (χ1n) is 10.2. The van der Waals surface area contributed by atoms with Crippen LogP contribution in [0.5, 0.6) is 5.75 Å². The molecule has 0 radical (unpaired) electrons. The Morgan fingerprint density at radius 1 is 1.21 bits per heavy atom. The van der Waals surface area contributed by atoms with E-state index in [0.717, 1.165) is 22.4 Å². The zero-order valence-corrected chi connectivity index (χ0v) is 17.1. The minimum absolute atomic E-state index is 0.0744. The number of nitrogens with zero attached hydrogens (tertiary/aromatic N) is 1. The predicted octanol–water partition coefficient (Wildman–Crippen LogP) is 3.07. The monoisotopic (exact) mass is 393 g/mol. The predicted molar refractivity (Wildman–Crippen MR) is 111 cm³/mol. The van der Waals surface area contributed by atoms with Crippen LogP contribution in [0.25, 0.3) is 0 Å². The van der Waals surface area contributed by atoms with E-state index in [0.29, 0.717) is 44.6 Å². The average Bonchev–Trinajstić information content (AvgIpc) is 3.55. The molecule has 0 amide bonds. The molecule has 1 aliphatic carbocycles. The molecule has 1 unspecified atom stereocenters. The van der Waals surface area contributed by atoms with Gasteiger partial charge in [0.25, 0.3) is 5.56 Å². The second kappa shape index (κ2) is 8.86. The van der Waals surface area contributed by atoms with Gasteiger partial charge in [0.1, 0.15) is 18.5 Å². The summed E-state index contributed by atoms with van der Waals surface area (Å²) in [6.45, 7) is 6.64.